The molecular weight excluding hydrogens is 512 g/mol. The topological polar surface area (TPSA) is 37.3 Å². The Morgan fingerprint density at radius 2 is 0.976 bits per heavy atom. The lowest BCUT2D eigenvalue weighted by atomic mass is 9.65. The first-order chi connectivity index (χ1) is 20.6. The van der Waals surface area contributed by atoms with Crippen LogP contribution in [-0.2, 0) is 4.79 Å². The normalized spacial score (nSPS) is 20.9. The van der Waals surface area contributed by atoms with Crippen LogP contribution in [0.4, 0.5) is 0 Å². The van der Waals surface area contributed by atoms with E-state index in [4.69, 9.17) is 0 Å². The minimum absolute atomic E-state index is 0.0943. The molecule has 1 aliphatic rings. The Bertz CT molecular complexity index is 658. The first-order valence-electron chi connectivity index (χ1n) is 19.4. The monoisotopic (exact) mass is 587 g/mol. The number of carbonyl (C=O) groups is 1. The molecule has 1 aliphatic carbocycles. The number of aliphatic carboxylic acids is 1. The quantitative estimate of drug-likeness (QED) is 0.107. The molecule has 42 heavy (non-hydrogen) atoms. The van der Waals surface area contributed by atoms with Crippen LogP contribution in [0.3, 0.4) is 0 Å². The zero-order valence-electron chi connectivity index (χ0n) is 28.8. The van der Waals surface area contributed by atoms with Gasteiger partial charge in [-0.25, -0.2) is 4.79 Å². The molecule has 0 amide bonds. The molecule has 0 aliphatic heterocycles. The molecule has 1 fully saturated rings. The van der Waals surface area contributed by atoms with Crippen molar-refractivity contribution in [2.45, 2.75) is 226 Å². The van der Waals surface area contributed by atoms with Gasteiger partial charge in [-0.1, -0.05) is 206 Å². The van der Waals surface area contributed by atoms with Crippen molar-refractivity contribution in [3.05, 3.63) is 0 Å². The maximum Gasteiger partial charge on any atom is 0.381 e. The summed E-state index contributed by atoms with van der Waals surface area (Å²) < 4.78 is 0. The minimum Gasteiger partial charge on any atom is -0.472 e. The van der Waals surface area contributed by atoms with Crippen LogP contribution < -0.4 is 0 Å². The van der Waals surface area contributed by atoms with Crippen molar-refractivity contribution >= 4 is 5.97 Å². The molecule has 2 heteroatoms. The van der Waals surface area contributed by atoms with Crippen LogP contribution in [0.25, 0.3) is 0 Å². The summed E-state index contributed by atoms with van der Waals surface area (Å²) in [5, 5.41) is 9.64. The molecule has 1 N–H and O–H groups in total. The van der Waals surface area contributed by atoms with Crippen LogP contribution in [-0.4, -0.2) is 11.1 Å². The molecule has 1 rings (SSSR count). The van der Waals surface area contributed by atoms with E-state index in [1.54, 1.807) is 0 Å². The number of carboxylic acid groups (broad SMARTS) is 1. The Labute approximate surface area is 264 Å². The highest BCUT2D eigenvalue weighted by molar-refractivity contribution is 5.86. The van der Waals surface area contributed by atoms with Gasteiger partial charge in [-0.2, -0.15) is 0 Å². The van der Waals surface area contributed by atoms with Crippen molar-refractivity contribution in [1.29, 1.82) is 0 Å². The van der Waals surface area contributed by atoms with Crippen LogP contribution in [0.15, 0.2) is 0 Å². The third-order valence-corrected chi connectivity index (χ3v) is 10.3. The standard InChI is InChI=1S/C40H74O2/c1-3-5-7-9-11-13-16-20-24-28-32-38-33-29-25-21-17-14-15-19-23-27-31-36-40(38,37-34-39(41)42)35-30-26-22-18-12-10-8-6-4-2/h38H,3-33,35-36H2,1-2H3,(H,41,42). The summed E-state index contributed by atoms with van der Waals surface area (Å²) in [6, 6.07) is 0. The predicted molar refractivity (Wildman–Crippen MR) is 185 cm³/mol. The lowest BCUT2D eigenvalue weighted by Crippen LogP contribution is -2.30. The number of carboxylic acids is 1. The fourth-order valence-electron chi connectivity index (χ4n) is 7.51. The summed E-state index contributed by atoms with van der Waals surface area (Å²) >= 11 is 0. The maximum atomic E-state index is 11.7. The molecule has 0 spiro atoms. The van der Waals surface area contributed by atoms with Crippen LogP contribution in [0.2, 0.25) is 0 Å². The predicted octanol–water partition coefficient (Wildman–Crippen LogP) is 13.6. The highest BCUT2D eigenvalue weighted by atomic mass is 16.4. The third-order valence-electron chi connectivity index (χ3n) is 10.3. The first kappa shape index (κ1) is 39.1. The van der Waals surface area contributed by atoms with Crippen molar-refractivity contribution in [3.63, 3.8) is 0 Å². The molecule has 2 nitrogen and oxygen atoms in total. The van der Waals surface area contributed by atoms with Gasteiger partial charge in [0.2, 0.25) is 0 Å². The summed E-state index contributed by atoms with van der Waals surface area (Å²) in [5.41, 5.74) is -0.0943. The molecule has 246 valence electrons. The van der Waals surface area contributed by atoms with Crippen LogP contribution in [0.5, 0.6) is 0 Å². The molecule has 0 saturated heterocycles. The Balaban J connectivity index is 2.82. The Morgan fingerprint density at radius 3 is 1.45 bits per heavy atom. The van der Waals surface area contributed by atoms with Gasteiger partial charge >= 0.3 is 5.97 Å². The summed E-state index contributed by atoms with van der Waals surface area (Å²) in [7, 11) is 0. The van der Waals surface area contributed by atoms with Gasteiger partial charge < -0.3 is 5.11 Å². The molecule has 0 aromatic heterocycles. The van der Waals surface area contributed by atoms with E-state index in [-0.39, 0.29) is 5.41 Å². The van der Waals surface area contributed by atoms with E-state index in [0.29, 0.717) is 5.92 Å². The largest absolute Gasteiger partial charge is 0.472 e. The molecule has 0 radical (unpaired) electrons. The number of hydrogen-bond donors (Lipinski definition) is 1. The van der Waals surface area contributed by atoms with E-state index in [9.17, 15) is 9.90 Å². The summed E-state index contributed by atoms with van der Waals surface area (Å²) in [6.45, 7) is 4.58. The van der Waals surface area contributed by atoms with Crippen LogP contribution >= 0.6 is 0 Å². The lowest BCUT2D eigenvalue weighted by molar-refractivity contribution is -0.130. The maximum absolute atomic E-state index is 11.7. The molecular formula is C40H74O2. The molecule has 1 saturated carbocycles. The van der Waals surface area contributed by atoms with Gasteiger partial charge in [-0.15, -0.1) is 0 Å². The van der Waals surface area contributed by atoms with Crippen molar-refractivity contribution < 1.29 is 9.90 Å². The average Bonchev–Trinajstić information content (AvgIpc) is 2.98. The Hall–Kier alpha value is -0.970. The molecule has 0 bridgehead atoms. The molecule has 0 aromatic rings. The van der Waals surface area contributed by atoms with E-state index in [2.05, 4.69) is 25.7 Å². The SMILES string of the molecule is CCCCCCCCCCCCC1CCCCCCCCCCCCC1(C#CC(=O)O)CCCCCCCCCCC. The second-order valence-electron chi connectivity index (χ2n) is 14.0. The lowest BCUT2D eigenvalue weighted by Gasteiger charge is -2.38. The molecule has 2 unspecified atom stereocenters. The second kappa shape index (κ2) is 28.8. The summed E-state index contributed by atoms with van der Waals surface area (Å²) in [4.78, 5) is 11.7. The third kappa shape index (κ3) is 21.7. The number of rotatable bonds is 21. The Morgan fingerprint density at radius 1 is 0.571 bits per heavy atom. The van der Waals surface area contributed by atoms with Crippen LogP contribution in [0, 0.1) is 23.2 Å². The van der Waals surface area contributed by atoms with Crippen LogP contribution in [0.1, 0.15) is 226 Å². The summed E-state index contributed by atoms with van der Waals surface area (Å²) in [5.74, 6) is 5.87. The van der Waals surface area contributed by atoms with Gasteiger partial charge in [0.05, 0.1) is 0 Å². The van der Waals surface area contributed by atoms with Gasteiger partial charge in [-0.3, -0.25) is 0 Å². The molecule has 2 atom stereocenters. The zero-order chi connectivity index (χ0) is 30.4. The minimum atomic E-state index is -0.932. The van der Waals surface area contributed by atoms with Crippen molar-refractivity contribution in [2.75, 3.05) is 0 Å². The fourth-order valence-corrected chi connectivity index (χ4v) is 7.51. The van der Waals surface area contributed by atoms with Crippen molar-refractivity contribution in [2.24, 2.45) is 11.3 Å². The van der Waals surface area contributed by atoms with Gasteiger partial charge in [0.25, 0.3) is 0 Å². The fraction of sp³-hybridized carbons (Fsp3) is 0.925. The first-order valence-corrected chi connectivity index (χ1v) is 19.4. The van der Waals surface area contributed by atoms with E-state index in [1.807, 2.05) is 0 Å². The molecule has 0 aromatic carbocycles. The second-order valence-corrected chi connectivity index (χ2v) is 14.0. The van der Waals surface area contributed by atoms with Crippen molar-refractivity contribution in [1.82, 2.24) is 0 Å². The zero-order valence-corrected chi connectivity index (χ0v) is 28.8. The van der Waals surface area contributed by atoms with E-state index >= 15 is 0 Å². The van der Waals surface area contributed by atoms with Gasteiger partial charge in [0, 0.05) is 11.3 Å². The van der Waals surface area contributed by atoms with E-state index < -0.39 is 5.97 Å². The smallest absolute Gasteiger partial charge is 0.381 e. The average molecular weight is 587 g/mol. The van der Waals surface area contributed by atoms with Gasteiger partial charge in [0.1, 0.15) is 0 Å². The van der Waals surface area contributed by atoms with E-state index in [1.165, 1.54) is 199 Å². The van der Waals surface area contributed by atoms with E-state index in [0.717, 1.165) is 12.8 Å². The van der Waals surface area contributed by atoms with Gasteiger partial charge in [-0.05, 0) is 31.6 Å². The number of unbranched alkanes of at least 4 members (excludes halogenated alkanes) is 17. The summed E-state index contributed by atoms with van der Waals surface area (Å²) in [6.07, 6.45) is 44.0. The highest BCUT2D eigenvalue weighted by Gasteiger charge is 2.36. The Kier molecular flexibility index (Phi) is 26.8. The van der Waals surface area contributed by atoms with Gasteiger partial charge in [0.15, 0.2) is 0 Å². The highest BCUT2D eigenvalue weighted by Crippen LogP contribution is 2.44. The molecule has 0 heterocycles. The number of hydrogen-bond acceptors (Lipinski definition) is 1. The van der Waals surface area contributed by atoms with Crippen molar-refractivity contribution in [3.8, 4) is 11.8 Å².